The molecule has 0 atom stereocenters. The molecule has 0 fully saturated rings. The monoisotopic (exact) mass is 508 g/mol. The smallest absolute Gasteiger partial charge is 0.132 e. The van der Waals surface area contributed by atoms with E-state index in [4.69, 9.17) is 4.74 Å². The van der Waals surface area contributed by atoms with Gasteiger partial charge in [0.25, 0.3) is 0 Å². The van der Waals surface area contributed by atoms with E-state index in [-0.39, 0.29) is 0 Å². The van der Waals surface area contributed by atoms with Crippen LogP contribution in [0, 0.1) is 0 Å². The number of rotatable bonds is 1. The highest BCUT2D eigenvalue weighted by molar-refractivity contribution is 6.12. The SMILES string of the molecule is c1ccc(-c2ccc3c(c2)C2(c4ccccc4O3)c3ccc4ccccc4c3-c3c2ccc2ccccc32)cc1. The van der Waals surface area contributed by atoms with E-state index in [1.165, 1.54) is 66.1 Å². The van der Waals surface area contributed by atoms with E-state index in [9.17, 15) is 0 Å². The summed E-state index contributed by atoms with van der Waals surface area (Å²) in [4.78, 5) is 0. The highest BCUT2D eigenvalue weighted by Gasteiger charge is 2.52. The van der Waals surface area contributed by atoms with E-state index in [1.54, 1.807) is 0 Å². The maximum absolute atomic E-state index is 6.66. The molecule has 9 rings (SSSR count). The number of hydrogen-bond acceptors (Lipinski definition) is 1. The van der Waals surface area contributed by atoms with Gasteiger partial charge in [-0.3, -0.25) is 0 Å². The summed E-state index contributed by atoms with van der Waals surface area (Å²) in [6, 6.07) is 52.9. The molecule has 0 unspecified atom stereocenters. The second kappa shape index (κ2) is 7.94. The highest BCUT2D eigenvalue weighted by Crippen LogP contribution is 2.64. The first-order valence-corrected chi connectivity index (χ1v) is 13.9. The first kappa shape index (κ1) is 21.8. The summed E-state index contributed by atoms with van der Waals surface area (Å²) in [7, 11) is 0. The third kappa shape index (κ3) is 2.71. The lowest BCUT2D eigenvalue weighted by atomic mass is 9.65. The van der Waals surface area contributed by atoms with Gasteiger partial charge < -0.3 is 4.74 Å². The fourth-order valence-corrected chi connectivity index (χ4v) is 7.28. The molecule has 1 nitrogen and oxygen atoms in total. The van der Waals surface area contributed by atoms with Gasteiger partial charge in [-0.25, -0.2) is 0 Å². The van der Waals surface area contributed by atoms with Crippen LogP contribution in [0.15, 0.2) is 146 Å². The van der Waals surface area contributed by atoms with E-state index in [1.807, 2.05) is 0 Å². The van der Waals surface area contributed by atoms with Crippen molar-refractivity contribution in [3.05, 3.63) is 168 Å². The second-order valence-corrected chi connectivity index (χ2v) is 10.8. The van der Waals surface area contributed by atoms with Gasteiger partial charge in [0, 0.05) is 11.1 Å². The minimum atomic E-state index is -0.506. The molecule has 40 heavy (non-hydrogen) atoms. The molecule has 0 saturated heterocycles. The fraction of sp³-hybridized carbons (Fsp3) is 0.0256. The molecule has 0 aromatic heterocycles. The van der Waals surface area contributed by atoms with Crippen LogP contribution in [-0.4, -0.2) is 0 Å². The Bertz CT molecular complexity index is 2050. The van der Waals surface area contributed by atoms with Crippen molar-refractivity contribution in [1.82, 2.24) is 0 Å². The van der Waals surface area contributed by atoms with Crippen LogP contribution in [0.5, 0.6) is 11.5 Å². The van der Waals surface area contributed by atoms with E-state index >= 15 is 0 Å². The predicted molar refractivity (Wildman–Crippen MR) is 164 cm³/mol. The van der Waals surface area contributed by atoms with Crippen molar-refractivity contribution in [2.24, 2.45) is 0 Å². The summed E-state index contributed by atoms with van der Waals surface area (Å²) in [5.74, 6) is 1.83. The molecule has 186 valence electrons. The topological polar surface area (TPSA) is 9.23 Å². The van der Waals surface area contributed by atoms with Gasteiger partial charge in [0.05, 0.1) is 5.41 Å². The summed E-state index contributed by atoms with van der Waals surface area (Å²) in [5.41, 5.74) is 9.58. The van der Waals surface area contributed by atoms with Crippen LogP contribution in [0.4, 0.5) is 0 Å². The first-order chi connectivity index (χ1) is 19.8. The van der Waals surface area contributed by atoms with Crippen LogP contribution >= 0.6 is 0 Å². The Morgan fingerprint density at radius 2 is 0.950 bits per heavy atom. The number of fused-ring (bicyclic) bond motifs is 13. The Labute approximate surface area is 232 Å². The molecular weight excluding hydrogens is 484 g/mol. The minimum absolute atomic E-state index is 0.506. The van der Waals surface area contributed by atoms with Crippen molar-refractivity contribution in [3.63, 3.8) is 0 Å². The lowest BCUT2D eigenvalue weighted by molar-refractivity contribution is 0.436. The molecule has 0 amide bonds. The molecule has 1 heteroatoms. The summed E-state index contributed by atoms with van der Waals surface area (Å²) < 4.78 is 6.66. The summed E-state index contributed by atoms with van der Waals surface area (Å²) in [6.45, 7) is 0. The average molecular weight is 509 g/mol. The Morgan fingerprint density at radius 1 is 0.375 bits per heavy atom. The summed E-state index contributed by atoms with van der Waals surface area (Å²) in [6.07, 6.45) is 0. The number of para-hydroxylation sites is 1. The van der Waals surface area contributed by atoms with Gasteiger partial charge in [0.2, 0.25) is 0 Å². The predicted octanol–water partition coefficient (Wildman–Crippen LogP) is 10.1. The standard InChI is InChI=1S/C39H24O/c1-2-10-25(11-3-1)28-20-23-36-34(24-28)39(31-16-8-9-17-35(31)40-36)32-21-18-26-12-4-6-14-29(26)37(32)38-30-15-7-5-13-27(30)19-22-33(38)39/h1-24H. The normalized spacial score (nSPS) is 13.9. The van der Waals surface area contributed by atoms with Gasteiger partial charge in [-0.1, -0.05) is 127 Å². The molecule has 1 aliphatic heterocycles. The van der Waals surface area contributed by atoms with E-state index in [2.05, 4.69) is 146 Å². The quantitative estimate of drug-likeness (QED) is 0.214. The highest BCUT2D eigenvalue weighted by atomic mass is 16.5. The molecule has 1 aliphatic carbocycles. The van der Waals surface area contributed by atoms with Crippen molar-refractivity contribution < 1.29 is 4.74 Å². The molecule has 0 saturated carbocycles. The van der Waals surface area contributed by atoms with Crippen LogP contribution < -0.4 is 4.74 Å². The molecule has 7 aromatic carbocycles. The molecular formula is C39H24O. The van der Waals surface area contributed by atoms with Gasteiger partial charge >= 0.3 is 0 Å². The van der Waals surface area contributed by atoms with Gasteiger partial charge in [-0.15, -0.1) is 0 Å². The van der Waals surface area contributed by atoms with E-state index in [0.29, 0.717) is 0 Å². The lowest BCUT2D eigenvalue weighted by Crippen LogP contribution is -2.32. The zero-order valence-electron chi connectivity index (χ0n) is 21.8. The van der Waals surface area contributed by atoms with Crippen LogP contribution in [0.2, 0.25) is 0 Å². The molecule has 0 N–H and O–H groups in total. The Kier molecular flexibility index (Phi) is 4.32. The summed E-state index contributed by atoms with van der Waals surface area (Å²) >= 11 is 0. The van der Waals surface area contributed by atoms with Gasteiger partial charge in [0.1, 0.15) is 11.5 Å². The average Bonchev–Trinajstić information content (AvgIpc) is 3.33. The second-order valence-electron chi connectivity index (χ2n) is 10.8. The van der Waals surface area contributed by atoms with E-state index < -0.39 is 5.41 Å². The zero-order chi connectivity index (χ0) is 26.3. The van der Waals surface area contributed by atoms with Crippen molar-refractivity contribution in [2.75, 3.05) is 0 Å². The van der Waals surface area contributed by atoms with Gasteiger partial charge in [-0.2, -0.15) is 0 Å². The maximum Gasteiger partial charge on any atom is 0.132 e. The van der Waals surface area contributed by atoms with Crippen molar-refractivity contribution >= 4 is 21.5 Å². The van der Waals surface area contributed by atoms with Crippen LogP contribution in [-0.2, 0) is 5.41 Å². The van der Waals surface area contributed by atoms with Crippen LogP contribution in [0.1, 0.15) is 22.3 Å². The molecule has 1 heterocycles. The van der Waals surface area contributed by atoms with Crippen LogP contribution in [0.25, 0.3) is 43.8 Å². The lowest BCUT2D eigenvalue weighted by Gasteiger charge is -2.39. The third-order valence-corrected chi connectivity index (χ3v) is 8.92. The van der Waals surface area contributed by atoms with Gasteiger partial charge in [0.15, 0.2) is 0 Å². The van der Waals surface area contributed by atoms with E-state index in [0.717, 1.165) is 11.5 Å². The Morgan fingerprint density at radius 3 is 1.65 bits per heavy atom. The number of benzene rings is 7. The van der Waals surface area contributed by atoms with Crippen LogP contribution in [0.3, 0.4) is 0 Å². The van der Waals surface area contributed by atoms with Gasteiger partial charge in [-0.05, 0) is 73.1 Å². The van der Waals surface area contributed by atoms with Crippen molar-refractivity contribution in [3.8, 4) is 33.8 Å². The first-order valence-electron chi connectivity index (χ1n) is 13.9. The Hall–Kier alpha value is -5.14. The maximum atomic E-state index is 6.66. The molecule has 1 spiro atoms. The zero-order valence-corrected chi connectivity index (χ0v) is 21.8. The summed E-state index contributed by atoms with van der Waals surface area (Å²) in [5, 5.41) is 5.10. The third-order valence-electron chi connectivity index (χ3n) is 8.92. The number of hydrogen-bond donors (Lipinski definition) is 0. The molecule has 7 aromatic rings. The number of ether oxygens (including phenoxy) is 1. The molecule has 0 radical (unpaired) electrons. The minimum Gasteiger partial charge on any atom is -0.457 e. The van der Waals surface area contributed by atoms with Crippen molar-refractivity contribution in [1.29, 1.82) is 0 Å². The molecule has 2 aliphatic rings. The largest absolute Gasteiger partial charge is 0.457 e. The van der Waals surface area contributed by atoms with Crippen molar-refractivity contribution in [2.45, 2.75) is 5.41 Å². The fourth-order valence-electron chi connectivity index (χ4n) is 7.28. The Balaban J connectivity index is 1.51. The molecule has 0 bridgehead atoms.